The lowest BCUT2D eigenvalue weighted by Gasteiger charge is -2.26. The van der Waals surface area contributed by atoms with E-state index in [1.165, 1.54) is 0 Å². The summed E-state index contributed by atoms with van der Waals surface area (Å²) in [7, 11) is 0. The van der Waals surface area contributed by atoms with Crippen molar-refractivity contribution in [2.75, 3.05) is 25.4 Å². The average Bonchev–Trinajstić information content (AvgIpc) is 2.31. The Labute approximate surface area is 95.7 Å². The SMILES string of the molecule is CCN(CC)C1=Nc2ccc(N)cc2OC1. The summed E-state index contributed by atoms with van der Waals surface area (Å²) in [5, 5.41) is 0. The smallest absolute Gasteiger partial charge is 0.147 e. The van der Waals surface area contributed by atoms with Crippen LogP contribution in [0.2, 0.25) is 0 Å². The highest BCUT2D eigenvalue weighted by Crippen LogP contribution is 2.32. The Morgan fingerprint density at radius 1 is 1.38 bits per heavy atom. The van der Waals surface area contributed by atoms with Crippen molar-refractivity contribution in [3.8, 4) is 5.75 Å². The number of rotatable bonds is 2. The molecule has 1 aromatic rings. The minimum absolute atomic E-state index is 0.526. The van der Waals surface area contributed by atoms with Crippen molar-refractivity contribution in [2.24, 2.45) is 4.99 Å². The molecule has 0 saturated carbocycles. The summed E-state index contributed by atoms with van der Waals surface area (Å²) in [4.78, 5) is 6.78. The highest BCUT2D eigenvalue weighted by molar-refractivity contribution is 5.89. The standard InChI is InChI=1S/C12H17N3O/c1-3-15(4-2)12-8-16-11-7-9(13)5-6-10(11)14-12/h5-7H,3-4,8,13H2,1-2H3. The van der Waals surface area contributed by atoms with Crippen LogP contribution in [0.15, 0.2) is 23.2 Å². The molecule has 1 heterocycles. The molecule has 0 amide bonds. The molecule has 0 aromatic heterocycles. The molecule has 4 nitrogen and oxygen atoms in total. The normalized spacial score (nSPS) is 13.8. The van der Waals surface area contributed by atoms with Crippen molar-refractivity contribution in [1.29, 1.82) is 0 Å². The van der Waals surface area contributed by atoms with Crippen molar-refractivity contribution in [3.63, 3.8) is 0 Å². The zero-order valence-corrected chi connectivity index (χ0v) is 9.73. The molecular weight excluding hydrogens is 202 g/mol. The second-order valence-electron chi connectivity index (χ2n) is 3.72. The maximum atomic E-state index is 5.69. The third-order valence-electron chi connectivity index (χ3n) is 2.72. The Balaban J connectivity index is 2.30. The predicted octanol–water partition coefficient (Wildman–Crippen LogP) is 2.03. The number of nitrogens with zero attached hydrogens (tertiary/aromatic N) is 2. The molecule has 0 aliphatic carbocycles. The highest BCUT2D eigenvalue weighted by Gasteiger charge is 2.16. The van der Waals surface area contributed by atoms with Gasteiger partial charge in [-0.1, -0.05) is 0 Å². The van der Waals surface area contributed by atoms with Crippen molar-refractivity contribution in [2.45, 2.75) is 13.8 Å². The highest BCUT2D eigenvalue weighted by atomic mass is 16.5. The van der Waals surface area contributed by atoms with E-state index in [9.17, 15) is 0 Å². The zero-order chi connectivity index (χ0) is 11.5. The zero-order valence-electron chi connectivity index (χ0n) is 9.73. The Bertz CT molecular complexity index is 411. The van der Waals surface area contributed by atoms with Gasteiger partial charge in [0.15, 0.2) is 0 Å². The van der Waals surface area contributed by atoms with Crippen LogP contribution in [-0.2, 0) is 0 Å². The Hall–Kier alpha value is -1.71. The molecule has 16 heavy (non-hydrogen) atoms. The van der Waals surface area contributed by atoms with Gasteiger partial charge in [0, 0.05) is 24.8 Å². The van der Waals surface area contributed by atoms with E-state index in [0.29, 0.717) is 12.3 Å². The molecule has 0 bridgehead atoms. The fourth-order valence-corrected chi connectivity index (χ4v) is 1.80. The van der Waals surface area contributed by atoms with Crippen LogP contribution in [0, 0.1) is 0 Å². The second kappa shape index (κ2) is 4.43. The number of fused-ring (bicyclic) bond motifs is 1. The van der Waals surface area contributed by atoms with Crippen molar-refractivity contribution in [3.05, 3.63) is 18.2 Å². The quantitative estimate of drug-likeness (QED) is 0.774. The summed E-state index contributed by atoms with van der Waals surface area (Å²) >= 11 is 0. The number of hydrogen-bond donors (Lipinski definition) is 1. The van der Waals surface area contributed by atoms with E-state index < -0.39 is 0 Å². The first-order chi connectivity index (χ1) is 7.74. The van der Waals surface area contributed by atoms with Crippen LogP contribution in [0.5, 0.6) is 5.75 Å². The summed E-state index contributed by atoms with van der Waals surface area (Å²) in [5.41, 5.74) is 7.26. The Kier molecular flexibility index (Phi) is 2.99. The number of benzene rings is 1. The van der Waals surface area contributed by atoms with Gasteiger partial charge in [0.1, 0.15) is 23.9 Å². The number of nitrogens with two attached hydrogens (primary N) is 1. The van der Waals surface area contributed by atoms with Gasteiger partial charge in [-0.25, -0.2) is 4.99 Å². The number of aliphatic imine (C=N–C) groups is 1. The van der Waals surface area contributed by atoms with Gasteiger partial charge < -0.3 is 15.4 Å². The third-order valence-corrected chi connectivity index (χ3v) is 2.72. The van der Waals surface area contributed by atoms with Crippen LogP contribution in [0.4, 0.5) is 11.4 Å². The van der Waals surface area contributed by atoms with Crippen molar-refractivity contribution in [1.82, 2.24) is 4.90 Å². The second-order valence-corrected chi connectivity index (χ2v) is 3.72. The number of ether oxygens (including phenoxy) is 1. The Morgan fingerprint density at radius 2 is 2.12 bits per heavy atom. The largest absolute Gasteiger partial charge is 0.483 e. The van der Waals surface area contributed by atoms with E-state index in [1.54, 1.807) is 0 Å². The number of amidine groups is 1. The van der Waals surface area contributed by atoms with E-state index in [4.69, 9.17) is 10.5 Å². The van der Waals surface area contributed by atoms with Gasteiger partial charge in [-0.3, -0.25) is 0 Å². The van der Waals surface area contributed by atoms with Gasteiger partial charge in [0.2, 0.25) is 0 Å². The monoisotopic (exact) mass is 219 g/mol. The molecule has 86 valence electrons. The first-order valence-electron chi connectivity index (χ1n) is 5.59. The van der Waals surface area contributed by atoms with Gasteiger partial charge in [-0.2, -0.15) is 0 Å². The van der Waals surface area contributed by atoms with Crippen LogP contribution >= 0.6 is 0 Å². The molecule has 1 aliphatic rings. The molecule has 2 N–H and O–H groups in total. The molecular formula is C12H17N3O. The summed E-state index contributed by atoms with van der Waals surface area (Å²) in [6, 6.07) is 5.56. The number of nitrogen functional groups attached to an aromatic ring is 1. The van der Waals surface area contributed by atoms with Crippen LogP contribution in [-0.4, -0.2) is 30.4 Å². The number of likely N-dealkylation sites (N-methyl/N-ethyl adjacent to an activating group) is 1. The topological polar surface area (TPSA) is 50.8 Å². The van der Waals surface area contributed by atoms with E-state index >= 15 is 0 Å². The fraction of sp³-hybridized carbons (Fsp3) is 0.417. The maximum Gasteiger partial charge on any atom is 0.147 e. The molecule has 0 unspecified atom stereocenters. The fourth-order valence-electron chi connectivity index (χ4n) is 1.80. The van der Waals surface area contributed by atoms with Gasteiger partial charge in [-0.05, 0) is 26.0 Å². The van der Waals surface area contributed by atoms with E-state index in [2.05, 4.69) is 23.7 Å². The number of anilines is 1. The first kappa shape index (κ1) is 10.8. The average molecular weight is 219 g/mol. The maximum absolute atomic E-state index is 5.69. The molecule has 4 heteroatoms. The van der Waals surface area contributed by atoms with Gasteiger partial charge >= 0.3 is 0 Å². The van der Waals surface area contributed by atoms with Gasteiger partial charge in [-0.15, -0.1) is 0 Å². The lowest BCUT2D eigenvalue weighted by molar-refractivity contribution is 0.337. The third kappa shape index (κ3) is 1.96. The minimum Gasteiger partial charge on any atom is -0.483 e. The van der Waals surface area contributed by atoms with E-state index in [0.717, 1.165) is 30.4 Å². The molecule has 1 aliphatic heterocycles. The summed E-state index contributed by atoms with van der Waals surface area (Å²) in [6.45, 7) is 6.65. The summed E-state index contributed by atoms with van der Waals surface area (Å²) in [5.74, 6) is 1.76. The number of hydrogen-bond acceptors (Lipinski definition) is 4. The molecule has 0 saturated heterocycles. The molecule has 1 aromatic carbocycles. The van der Waals surface area contributed by atoms with Crippen LogP contribution < -0.4 is 10.5 Å². The Morgan fingerprint density at radius 3 is 2.81 bits per heavy atom. The molecule has 0 atom stereocenters. The minimum atomic E-state index is 0.526. The van der Waals surface area contributed by atoms with E-state index in [-0.39, 0.29) is 0 Å². The van der Waals surface area contributed by atoms with E-state index in [1.807, 2.05) is 18.2 Å². The summed E-state index contributed by atoms with van der Waals surface area (Å²) in [6.07, 6.45) is 0. The van der Waals surface area contributed by atoms with Gasteiger partial charge in [0.05, 0.1) is 0 Å². The van der Waals surface area contributed by atoms with Crippen LogP contribution in [0.25, 0.3) is 0 Å². The van der Waals surface area contributed by atoms with Crippen LogP contribution in [0.3, 0.4) is 0 Å². The molecule has 0 spiro atoms. The molecule has 2 rings (SSSR count). The van der Waals surface area contributed by atoms with Crippen molar-refractivity contribution >= 4 is 17.2 Å². The lowest BCUT2D eigenvalue weighted by atomic mass is 10.2. The molecule has 0 fully saturated rings. The lowest BCUT2D eigenvalue weighted by Crippen LogP contribution is -2.35. The summed E-state index contributed by atoms with van der Waals surface area (Å²) < 4.78 is 5.65. The first-order valence-corrected chi connectivity index (χ1v) is 5.59. The van der Waals surface area contributed by atoms with Crippen LogP contribution in [0.1, 0.15) is 13.8 Å². The molecule has 0 radical (unpaired) electrons. The predicted molar refractivity (Wildman–Crippen MR) is 66.4 cm³/mol. The van der Waals surface area contributed by atoms with Gasteiger partial charge in [0.25, 0.3) is 0 Å². The van der Waals surface area contributed by atoms with Crippen molar-refractivity contribution < 1.29 is 4.74 Å².